The zero-order chi connectivity index (χ0) is 16.4. The van der Waals surface area contributed by atoms with Gasteiger partial charge in [-0.2, -0.15) is 5.10 Å². The molecule has 0 saturated carbocycles. The Labute approximate surface area is 138 Å². The summed E-state index contributed by atoms with van der Waals surface area (Å²) in [7, 11) is 3.98. The molecule has 5 heteroatoms. The highest BCUT2D eigenvalue weighted by Gasteiger charge is 2.14. The van der Waals surface area contributed by atoms with Gasteiger partial charge < -0.3 is 10.2 Å². The lowest BCUT2D eigenvalue weighted by atomic mass is 10.1. The van der Waals surface area contributed by atoms with Crippen LogP contribution in [0, 0.1) is 27.7 Å². The number of nitrogens with one attached hydrogen (secondary N) is 1. The molecule has 0 radical (unpaired) electrons. The highest BCUT2D eigenvalue weighted by Crippen LogP contribution is 2.19. The van der Waals surface area contributed by atoms with E-state index in [1.165, 1.54) is 22.4 Å². The van der Waals surface area contributed by atoms with E-state index in [0.29, 0.717) is 0 Å². The van der Waals surface area contributed by atoms with Gasteiger partial charge in [0.15, 0.2) is 5.11 Å². The Morgan fingerprint density at radius 1 is 1.27 bits per heavy atom. The molecule has 118 valence electrons. The third-order valence-corrected chi connectivity index (χ3v) is 4.66. The molecule has 1 heterocycles. The molecule has 2 rings (SSSR count). The molecule has 0 bridgehead atoms. The Morgan fingerprint density at radius 3 is 2.55 bits per heavy atom. The molecule has 0 spiro atoms. The highest BCUT2D eigenvalue weighted by atomic mass is 32.1. The van der Waals surface area contributed by atoms with Gasteiger partial charge in [0.25, 0.3) is 0 Å². The van der Waals surface area contributed by atoms with Crippen molar-refractivity contribution >= 4 is 23.0 Å². The minimum absolute atomic E-state index is 0.719. The number of aromatic nitrogens is 2. The van der Waals surface area contributed by atoms with Crippen LogP contribution in [0.3, 0.4) is 0 Å². The molecule has 1 aromatic carbocycles. The van der Waals surface area contributed by atoms with Crippen LogP contribution in [0.5, 0.6) is 0 Å². The lowest BCUT2D eigenvalue weighted by molar-refractivity contribution is 0.505. The van der Waals surface area contributed by atoms with Crippen LogP contribution in [0.25, 0.3) is 0 Å². The zero-order valence-corrected chi connectivity index (χ0v) is 15.0. The molecule has 1 N–H and O–H groups in total. The molecule has 0 aliphatic carbocycles. The predicted molar refractivity (Wildman–Crippen MR) is 96.3 cm³/mol. The van der Waals surface area contributed by atoms with Crippen molar-refractivity contribution < 1.29 is 0 Å². The molecule has 4 nitrogen and oxygen atoms in total. The molecule has 0 amide bonds. The summed E-state index contributed by atoms with van der Waals surface area (Å²) in [5.74, 6) is 0. The molecule has 2 aromatic rings. The molecular formula is C17H24N4S. The van der Waals surface area contributed by atoms with Gasteiger partial charge in [-0.15, -0.1) is 0 Å². The number of benzene rings is 1. The first-order valence-electron chi connectivity index (χ1n) is 7.38. The number of hydrogen-bond acceptors (Lipinski definition) is 2. The van der Waals surface area contributed by atoms with Crippen LogP contribution in [0.2, 0.25) is 0 Å². The van der Waals surface area contributed by atoms with E-state index in [2.05, 4.69) is 43.3 Å². The summed E-state index contributed by atoms with van der Waals surface area (Å²) in [6.45, 7) is 9.09. The summed E-state index contributed by atoms with van der Waals surface area (Å²) in [6.07, 6.45) is 0. The fourth-order valence-corrected chi connectivity index (χ4v) is 2.63. The van der Waals surface area contributed by atoms with Crippen molar-refractivity contribution in [3.8, 4) is 0 Å². The van der Waals surface area contributed by atoms with Gasteiger partial charge in [-0.3, -0.25) is 4.68 Å². The van der Waals surface area contributed by atoms with E-state index in [9.17, 15) is 0 Å². The molecule has 0 atom stereocenters. The summed E-state index contributed by atoms with van der Waals surface area (Å²) in [5, 5.41) is 8.52. The fourth-order valence-electron chi connectivity index (χ4n) is 2.45. The number of rotatable bonds is 3. The Balaban J connectivity index is 2.11. The maximum absolute atomic E-state index is 5.54. The SMILES string of the molecule is Cc1cccc(NC(=S)N(C)Cc2c(C)nn(C)c2C)c1C. The van der Waals surface area contributed by atoms with Crippen molar-refractivity contribution in [1.29, 1.82) is 0 Å². The van der Waals surface area contributed by atoms with Crippen LogP contribution >= 0.6 is 12.2 Å². The molecule has 0 aliphatic rings. The lowest BCUT2D eigenvalue weighted by Gasteiger charge is -2.22. The minimum atomic E-state index is 0.719. The minimum Gasteiger partial charge on any atom is -0.348 e. The van der Waals surface area contributed by atoms with Crippen LogP contribution < -0.4 is 5.32 Å². The Morgan fingerprint density at radius 2 is 1.95 bits per heavy atom. The van der Waals surface area contributed by atoms with Crippen LogP contribution in [-0.4, -0.2) is 26.8 Å². The predicted octanol–water partition coefficient (Wildman–Crippen LogP) is 3.48. The van der Waals surface area contributed by atoms with Crippen molar-refractivity contribution in [3.05, 3.63) is 46.3 Å². The monoisotopic (exact) mass is 316 g/mol. The van der Waals surface area contributed by atoms with Crippen LogP contribution in [0.4, 0.5) is 5.69 Å². The largest absolute Gasteiger partial charge is 0.348 e. The number of nitrogens with zero attached hydrogens (tertiary/aromatic N) is 3. The number of thiocarbonyl (C=S) groups is 1. The second kappa shape index (κ2) is 6.48. The molecule has 22 heavy (non-hydrogen) atoms. The van der Waals surface area contributed by atoms with Crippen molar-refractivity contribution in [1.82, 2.24) is 14.7 Å². The third-order valence-electron chi connectivity index (χ3n) is 4.25. The van der Waals surface area contributed by atoms with Gasteiger partial charge in [-0.05, 0) is 57.1 Å². The summed E-state index contributed by atoms with van der Waals surface area (Å²) >= 11 is 5.54. The Bertz CT molecular complexity index is 703. The summed E-state index contributed by atoms with van der Waals surface area (Å²) < 4.78 is 1.92. The first-order chi connectivity index (χ1) is 10.3. The van der Waals surface area contributed by atoms with Crippen LogP contribution in [0.15, 0.2) is 18.2 Å². The van der Waals surface area contributed by atoms with E-state index in [1.807, 2.05) is 36.7 Å². The molecule has 0 unspecified atom stereocenters. The summed E-state index contributed by atoms with van der Waals surface area (Å²) in [5.41, 5.74) is 7.02. The number of hydrogen-bond donors (Lipinski definition) is 1. The summed E-state index contributed by atoms with van der Waals surface area (Å²) in [4.78, 5) is 2.05. The topological polar surface area (TPSA) is 33.1 Å². The van der Waals surface area contributed by atoms with E-state index in [-0.39, 0.29) is 0 Å². The summed E-state index contributed by atoms with van der Waals surface area (Å²) in [6, 6.07) is 6.21. The zero-order valence-electron chi connectivity index (χ0n) is 14.2. The molecule has 0 aliphatic heterocycles. The molecular weight excluding hydrogens is 292 g/mol. The van der Waals surface area contributed by atoms with Gasteiger partial charge in [0.2, 0.25) is 0 Å². The van der Waals surface area contributed by atoms with E-state index in [4.69, 9.17) is 12.2 Å². The number of aryl methyl sites for hydroxylation is 3. The van der Waals surface area contributed by atoms with Crippen LogP contribution in [0.1, 0.15) is 28.1 Å². The van der Waals surface area contributed by atoms with Gasteiger partial charge in [-0.1, -0.05) is 12.1 Å². The third kappa shape index (κ3) is 3.30. The van der Waals surface area contributed by atoms with E-state index in [0.717, 1.165) is 23.0 Å². The maximum Gasteiger partial charge on any atom is 0.173 e. The Kier molecular flexibility index (Phi) is 4.86. The second-order valence-electron chi connectivity index (χ2n) is 5.81. The maximum atomic E-state index is 5.54. The van der Waals surface area contributed by atoms with E-state index >= 15 is 0 Å². The Hall–Kier alpha value is -1.88. The van der Waals surface area contributed by atoms with Crippen molar-refractivity contribution in [2.45, 2.75) is 34.2 Å². The van der Waals surface area contributed by atoms with Crippen molar-refractivity contribution in [2.75, 3.05) is 12.4 Å². The van der Waals surface area contributed by atoms with Gasteiger partial charge in [-0.25, -0.2) is 0 Å². The standard InChI is InChI=1S/C17H24N4S/c1-11-8-7-9-16(12(11)2)18-17(22)20(5)10-15-13(3)19-21(6)14(15)4/h7-9H,10H2,1-6H3,(H,18,22). The lowest BCUT2D eigenvalue weighted by Crippen LogP contribution is -2.31. The van der Waals surface area contributed by atoms with Crippen molar-refractivity contribution in [3.63, 3.8) is 0 Å². The molecule has 0 fully saturated rings. The average Bonchev–Trinajstić information content (AvgIpc) is 2.70. The van der Waals surface area contributed by atoms with Gasteiger partial charge >= 0.3 is 0 Å². The van der Waals surface area contributed by atoms with Crippen LogP contribution in [-0.2, 0) is 13.6 Å². The second-order valence-corrected chi connectivity index (χ2v) is 6.19. The molecule has 0 saturated heterocycles. The quantitative estimate of drug-likeness (QED) is 0.879. The smallest absolute Gasteiger partial charge is 0.173 e. The van der Waals surface area contributed by atoms with E-state index in [1.54, 1.807) is 0 Å². The fraction of sp³-hybridized carbons (Fsp3) is 0.412. The number of anilines is 1. The van der Waals surface area contributed by atoms with Gasteiger partial charge in [0.1, 0.15) is 0 Å². The van der Waals surface area contributed by atoms with Gasteiger partial charge in [0.05, 0.1) is 5.69 Å². The van der Waals surface area contributed by atoms with Crippen molar-refractivity contribution in [2.24, 2.45) is 7.05 Å². The van der Waals surface area contributed by atoms with E-state index < -0.39 is 0 Å². The first-order valence-corrected chi connectivity index (χ1v) is 7.79. The first kappa shape index (κ1) is 16.5. The normalized spacial score (nSPS) is 10.6. The van der Waals surface area contributed by atoms with Gasteiger partial charge in [0, 0.05) is 37.6 Å². The average molecular weight is 316 g/mol. The highest BCUT2D eigenvalue weighted by molar-refractivity contribution is 7.80. The molecule has 1 aromatic heterocycles.